The predicted octanol–water partition coefficient (Wildman–Crippen LogP) is 5.38. The molecule has 3 aromatic rings. The zero-order chi connectivity index (χ0) is 19.8. The van der Waals surface area contributed by atoms with Crippen LogP contribution in [0.25, 0.3) is 0 Å². The molecule has 0 bridgehead atoms. The van der Waals surface area contributed by atoms with Crippen LogP contribution in [0.2, 0.25) is 5.02 Å². The molecule has 3 rings (SSSR count). The average Bonchev–Trinajstić information content (AvgIpc) is 2.72. The maximum Gasteiger partial charge on any atom is 0.336 e. The Labute approximate surface area is 166 Å². The molecule has 3 aromatic carbocycles. The first kappa shape index (κ1) is 19.3. The first-order valence-electron chi connectivity index (χ1n) is 8.42. The molecule has 0 aromatic heterocycles. The van der Waals surface area contributed by atoms with E-state index in [1.54, 1.807) is 48.5 Å². The molecule has 0 heterocycles. The Kier molecular flexibility index (Phi) is 6.49. The van der Waals surface area contributed by atoms with Crippen molar-refractivity contribution in [3.63, 3.8) is 0 Å². The highest BCUT2D eigenvalue weighted by Gasteiger charge is 2.08. The quantitative estimate of drug-likeness (QED) is 0.450. The van der Waals surface area contributed by atoms with Crippen molar-refractivity contribution in [1.29, 1.82) is 0 Å². The SMILES string of the molecule is O=C(Cc1ccccc1)ONc1ccc(N=NC(=O)c2ccccc2Cl)cc1. The van der Waals surface area contributed by atoms with Gasteiger partial charge in [-0.3, -0.25) is 4.79 Å². The van der Waals surface area contributed by atoms with Crippen LogP contribution in [0.15, 0.2) is 89.1 Å². The lowest BCUT2D eigenvalue weighted by molar-refractivity contribution is -0.139. The Bertz CT molecular complexity index is 989. The predicted molar refractivity (Wildman–Crippen MR) is 107 cm³/mol. The number of hydrogen-bond donors (Lipinski definition) is 1. The number of rotatable bonds is 6. The van der Waals surface area contributed by atoms with Gasteiger partial charge in [0.15, 0.2) is 0 Å². The van der Waals surface area contributed by atoms with Gasteiger partial charge in [0.2, 0.25) is 0 Å². The Hall–Kier alpha value is -3.51. The third kappa shape index (κ3) is 5.49. The summed E-state index contributed by atoms with van der Waals surface area (Å²) in [5, 5.41) is 7.89. The van der Waals surface area contributed by atoms with E-state index in [1.165, 1.54) is 0 Å². The van der Waals surface area contributed by atoms with Crippen LogP contribution in [0.4, 0.5) is 11.4 Å². The third-order valence-electron chi connectivity index (χ3n) is 3.70. The highest BCUT2D eigenvalue weighted by Crippen LogP contribution is 2.19. The van der Waals surface area contributed by atoms with Gasteiger partial charge in [0, 0.05) is 0 Å². The maximum absolute atomic E-state index is 12.0. The Morgan fingerprint density at radius 3 is 2.29 bits per heavy atom. The molecule has 6 nitrogen and oxygen atoms in total. The van der Waals surface area contributed by atoms with Crippen LogP contribution in [-0.4, -0.2) is 11.9 Å². The molecule has 0 fully saturated rings. The minimum atomic E-state index is -0.525. The summed E-state index contributed by atoms with van der Waals surface area (Å²) in [6.45, 7) is 0. The van der Waals surface area contributed by atoms with Crippen molar-refractivity contribution >= 4 is 34.9 Å². The molecule has 0 spiro atoms. The van der Waals surface area contributed by atoms with Gasteiger partial charge in [-0.15, -0.1) is 10.2 Å². The van der Waals surface area contributed by atoms with Gasteiger partial charge in [-0.25, -0.2) is 10.3 Å². The normalized spacial score (nSPS) is 10.6. The smallest absolute Gasteiger partial charge is 0.336 e. The fourth-order valence-corrected chi connectivity index (χ4v) is 2.52. The molecule has 140 valence electrons. The fourth-order valence-electron chi connectivity index (χ4n) is 2.30. The number of nitrogens with one attached hydrogen (secondary N) is 1. The molecule has 0 unspecified atom stereocenters. The first-order chi connectivity index (χ1) is 13.6. The van der Waals surface area contributed by atoms with Crippen LogP contribution >= 0.6 is 11.6 Å². The zero-order valence-electron chi connectivity index (χ0n) is 14.7. The van der Waals surface area contributed by atoms with E-state index in [-0.39, 0.29) is 12.0 Å². The first-order valence-corrected chi connectivity index (χ1v) is 8.80. The molecular weight excluding hydrogens is 378 g/mol. The number of carbonyl (C=O) groups excluding carboxylic acids is 2. The summed E-state index contributed by atoms with van der Waals surface area (Å²) in [6, 6.07) is 22.5. The molecule has 0 atom stereocenters. The standard InChI is InChI=1S/C21H16ClN3O3/c22-19-9-5-4-8-18(19)21(27)24-23-16-10-12-17(13-11-16)25-28-20(26)14-15-6-2-1-3-7-15/h1-13,25H,14H2. The summed E-state index contributed by atoms with van der Waals surface area (Å²) in [7, 11) is 0. The third-order valence-corrected chi connectivity index (χ3v) is 4.03. The number of halogens is 1. The van der Waals surface area contributed by atoms with E-state index >= 15 is 0 Å². The number of carbonyl (C=O) groups is 2. The summed E-state index contributed by atoms with van der Waals surface area (Å²) >= 11 is 5.96. The summed E-state index contributed by atoms with van der Waals surface area (Å²) in [4.78, 5) is 28.9. The maximum atomic E-state index is 12.0. The topological polar surface area (TPSA) is 80.1 Å². The highest BCUT2D eigenvalue weighted by atomic mass is 35.5. The van der Waals surface area contributed by atoms with Crippen LogP contribution in [0.5, 0.6) is 0 Å². The molecule has 7 heteroatoms. The molecule has 0 saturated carbocycles. The average molecular weight is 394 g/mol. The van der Waals surface area contributed by atoms with Gasteiger partial charge in [0.05, 0.1) is 28.4 Å². The van der Waals surface area contributed by atoms with Crippen LogP contribution in [-0.2, 0) is 16.1 Å². The second-order valence-electron chi connectivity index (χ2n) is 5.77. The van der Waals surface area contributed by atoms with Crippen molar-refractivity contribution in [2.24, 2.45) is 10.2 Å². The minimum Gasteiger partial charge on any atom is -0.343 e. The van der Waals surface area contributed by atoms with Gasteiger partial charge in [-0.1, -0.05) is 54.1 Å². The van der Waals surface area contributed by atoms with E-state index in [2.05, 4.69) is 15.7 Å². The van der Waals surface area contributed by atoms with E-state index in [1.807, 2.05) is 30.3 Å². The molecule has 0 saturated heterocycles. The molecule has 0 aliphatic heterocycles. The lowest BCUT2D eigenvalue weighted by atomic mass is 10.2. The van der Waals surface area contributed by atoms with E-state index in [9.17, 15) is 9.59 Å². The number of azo groups is 1. The monoisotopic (exact) mass is 393 g/mol. The minimum absolute atomic E-state index is 0.171. The van der Waals surface area contributed by atoms with Crippen molar-refractivity contribution in [2.45, 2.75) is 6.42 Å². The van der Waals surface area contributed by atoms with Crippen LogP contribution in [0, 0.1) is 0 Å². The molecule has 0 aliphatic carbocycles. The zero-order valence-corrected chi connectivity index (χ0v) is 15.5. The van der Waals surface area contributed by atoms with Crippen molar-refractivity contribution < 1.29 is 14.4 Å². The van der Waals surface area contributed by atoms with E-state index in [0.717, 1.165) is 5.56 Å². The van der Waals surface area contributed by atoms with E-state index in [4.69, 9.17) is 16.4 Å². The largest absolute Gasteiger partial charge is 0.343 e. The lowest BCUT2D eigenvalue weighted by Crippen LogP contribution is -2.12. The van der Waals surface area contributed by atoms with Crippen LogP contribution < -0.4 is 5.48 Å². The highest BCUT2D eigenvalue weighted by molar-refractivity contribution is 6.33. The van der Waals surface area contributed by atoms with Gasteiger partial charge < -0.3 is 4.84 Å². The lowest BCUT2D eigenvalue weighted by Gasteiger charge is -2.07. The molecule has 0 aliphatic rings. The van der Waals surface area contributed by atoms with Crippen molar-refractivity contribution in [1.82, 2.24) is 0 Å². The summed E-state index contributed by atoms with van der Waals surface area (Å²) in [5.74, 6) is -0.928. The van der Waals surface area contributed by atoms with Crippen molar-refractivity contribution in [3.05, 3.63) is 95.0 Å². The van der Waals surface area contributed by atoms with Crippen molar-refractivity contribution in [3.8, 4) is 0 Å². The summed E-state index contributed by atoms with van der Waals surface area (Å²) in [6.07, 6.45) is 0.171. The number of hydrogen-bond acceptors (Lipinski definition) is 5. The van der Waals surface area contributed by atoms with Gasteiger partial charge in [0.1, 0.15) is 0 Å². The molecular formula is C21H16ClN3O3. The van der Waals surface area contributed by atoms with E-state index < -0.39 is 11.9 Å². The van der Waals surface area contributed by atoms with Gasteiger partial charge in [-0.2, -0.15) is 0 Å². The molecule has 1 amide bonds. The number of amides is 1. The van der Waals surface area contributed by atoms with Crippen molar-refractivity contribution in [2.75, 3.05) is 5.48 Å². The fraction of sp³-hybridized carbons (Fsp3) is 0.0476. The number of nitrogens with zero attached hydrogens (tertiary/aromatic N) is 2. The van der Waals surface area contributed by atoms with Crippen LogP contribution in [0.1, 0.15) is 15.9 Å². The Balaban J connectivity index is 1.52. The number of anilines is 1. The number of benzene rings is 3. The Morgan fingerprint density at radius 2 is 1.57 bits per heavy atom. The molecule has 1 N–H and O–H groups in total. The second-order valence-corrected chi connectivity index (χ2v) is 6.18. The summed E-state index contributed by atoms with van der Waals surface area (Å²) < 4.78 is 0. The summed E-state index contributed by atoms with van der Waals surface area (Å²) in [5.41, 5.74) is 4.78. The van der Waals surface area contributed by atoms with Gasteiger partial charge in [0.25, 0.3) is 5.91 Å². The van der Waals surface area contributed by atoms with Crippen LogP contribution in [0.3, 0.4) is 0 Å². The van der Waals surface area contributed by atoms with E-state index in [0.29, 0.717) is 16.4 Å². The van der Waals surface area contributed by atoms with Gasteiger partial charge >= 0.3 is 5.97 Å². The Morgan fingerprint density at radius 1 is 0.893 bits per heavy atom. The molecule has 28 heavy (non-hydrogen) atoms. The molecule has 0 radical (unpaired) electrons. The van der Waals surface area contributed by atoms with Gasteiger partial charge in [-0.05, 0) is 42.0 Å². The second kappa shape index (κ2) is 9.43.